The summed E-state index contributed by atoms with van der Waals surface area (Å²) in [7, 11) is 0. The molecule has 0 radical (unpaired) electrons. The minimum atomic E-state index is 0.00450. The number of rotatable bonds is 7. The Balaban J connectivity index is 2.01. The predicted octanol–water partition coefficient (Wildman–Crippen LogP) is 3.33. The molecule has 2 N–H and O–H groups in total. The second-order valence-electron chi connectivity index (χ2n) is 5.11. The molecule has 0 heterocycles. The van der Waals surface area contributed by atoms with E-state index in [9.17, 15) is 5.11 Å². The number of hydrogen-bond donors (Lipinski definition) is 2. The lowest BCUT2D eigenvalue weighted by Gasteiger charge is -2.24. The van der Waals surface area contributed by atoms with E-state index in [0.29, 0.717) is 6.04 Å². The van der Waals surface area contributed by atoms with Crippen LogP contribution in [0.25, 0.3) is 0 Å². The van der Waals surface area contributed by atoms with Crippen LogP contribution in [0.4, 0.5) is 0 Å². The maximum absolute atomic E-state index is 9.63. The molecule has 0 spiro atoms. The lowest BCUT2D eigenvalue weighted by molar-refractivity contribution is 0.231. The maximum Gasteiger partial charge on any atom is 0.0626 e. The van der Waals surface area contributed by atoms with Crippen LogP contribution in [0.15, 0.2) is 60.7 Å². The summed E-state index contributed by atoms with van der Waals surface area (Å²) < 4.78 is 0. The molecule has 2 aromatic carbocycles. The zero-order valence-electron chi connectivity index (χ0n) is 12.0. The molecule has 0 saturated heterocycles. The van der Waals surface area contributed by atoms with Crippen LogP contribution in [0.3, 0.4) is 0 Å². The van der Waals surface area contributed by atoms with Gasteiger partial charge in [0, 0.05) is 6.04 Å². The molecule has 0 fully saturated rings. The van der Waals surface area contributed by atoms with Crippen molar-refractivity contribution >= 4 is 0 Å². The smallest absolute Gasteiger partial charge is 0.0626 e. The lowest BCUT2D eigenvalue weighted by atomic mass is 10.0. The van der Waals surface area contributed by atoms with Gasteiger partial charge < -0.3 is 10.4 Å². The van der Waals surface area contributed by atoms with Gasteiger partial charge in [0.25, 0.3) is 0 Å². The zero-order valence-corrected chi connectivity index (χ0v) is 12.0. The van der Waals surface area contributed by atoms with E-state index in [1.807, 2.05) is 24.3 Å². The quantitative estimate of drug-likeness (QED) is 0.808. The number of hydrogen-bond acceptors (Lipinski definition) is 2. The third-order valence-corrected chi connectivity index (χ3v) is 3.64. The van der Waals surface area contributed by atoms with Crippen molar-refractivity contribution in [3.8, 4) is 0 Å². The molecule has 0 amide bonds. The van der Waals surface area contributed by atoms with Gasteiger partial charge >= 0.3 is 0 Å². The normalized spacial score (nSPS) is 13.9. The lowest BCUT2D eigenvalue weighted by Crippen LogP contribution is -2.35. The molecule has 0 aliphatic heterocycles. The van der Waals surface area contributed by atoms with E-state index in [-0.39, 0.29) is 12.6 Å². The van der Waals surface area contributed by atoms with Gasteiger partial charge in [-0.3, -0.25) is 0 Å². The second kappa shape index (κ2) is 7.83. The Kier molecular flexibility index (Phi) is 5.78. The monoisotopic (exact) mass is 269 g/mol. The largest absolute Gasteiger partial charge is 0.394 e. The average Bonchev–Trinajstić information content (AvgIpc) is 2.53. The van der Waals surface area contributed by atoms with Crippen molar-refractivity contribution in [3.05, 3.63) is 71.8 Å². The van der Waals surface area contributed by atoms with Crippen LogP contribution in [0.2, 0.25) is 0 Å². The minimum Gasteiger partial charge on any atom is -0.394 e. The first kappa shape index (κ1) is 14.8. The summed E-state index contributed by atoms with van der Waals surface area (Å²) in [5, 5.41) is 13.2. The van der Waals surface area contributed by atoms with Crippen molar-refractivity contribution in [3.63, 3.8) is 0 Å². The van der Waals surface area contributed by atoms with Gasteiger partial charge in [0.15, 0.2) is 0 Å². The van der Waals surface area contributed by atoms with Crippen molar-refractivity contribution in [2.75, 3.05) is 6.61 Å². The number of benzene rings is 2. The molecule has 0 aliphatic carbocycles. The van der Waals surface area contributed by atoms with Gasteiger partial charge in [-0.15, -0.1) is 0 Å². The zero-order chi connectivity index (χ0) is 14.2. The molecule has 0 aliphatic rings. The molecule has 0 saturated carbocycles. The van der Waals surface area contributed by atoms with Gasteiger partial charge in [0.2, 0.25) is 0 Å². The van der Waals surface area contributed by atoms with E-state index in [1.165, 1.54) is 5.56 Å². The summed E-state index contributed by atoms with van der Waals surface area (Å²) in [5.74, 6) is 0. The maximum atomic E-state index is 9.63. The van der Waals surface area contributed by atoms with Gasteiger partial charge in [-0.05, 0) is 24.0 Å². The fraction of sp³-hybridized carbons (Fsp3) is 0.333. The summed E-state index contributed by atoms with van der Waals surface area (Å²) >= 11 is 0. The van der Waals surface area contributed by atoms with E-state index in [1.54, 1.807) is 0 Å². The van der Waals surface area contributed by atoms with E-state index >= 15 is 0 Å². The van der Waals surface area contributed by atoms with Crippen LogP contribution in [0, 0.1) is 0 Å². The first-order valence-electron chi connectivity index (χ1n) is 7.29. The summed E-state index contributed by atoms with van der Waals surface area (Å²) in [6.07, 6.45) is 2.03. The number of aliphatic hydroxyl groups is 1. The first-order valence-corrected chi connectivity index (χ1v) is 7.29. The summed E-state index contributed by atoms with van der Waals surface area (Å²) in [6, 6.07) is 21.0. The van der Waals surface area contributed by atoms with Crippen LogP contribution in [0.1, 0.15) is 30.5 Å². The molecule has 2 atom stereocenters. The van der Waals surface area contributed by atoms with E-state index in [0.717, 1.165) is 18.4 Å². The summed E-state index contributed by atoms with van der Waals surface area (Å²) in [4.78, 5) is 0. The summed E-state index contributed by atoms with van der Waals surface area (Å²) in [6.45, 7) is 2.30. The van der Waals surface area contributed by atoms with E-state index in [4.69, 9.17) is 0 Å². The summed E-state index contributed by atoms with van der Waals surface area (Å²) in [5.41, 5.74) is 2.47. The van der Waals surface area contributed by atoms with Crippen molar-refractivity contribution in [1.29, 1.82) is 0 Å². The minimum absolute atomic E-state index is 0.00450. The molecule has 2 aromatic rings. The van der Waals surface area contributed by atoms with E-state index < -0.39 is 0 Å². The van der Waals surface area contributed by atoms with Gasteiger partial charge in [0.1, 0.15) is 0 Å². The van der Waals surface area contributed by atoms with Crippen LogP contribution < -0.4 is 5.32 Å². The fourth-order valence-corrected chi connectivity index (χ4v) is 2.44. The number of nitrogens with one attached hydrogen (secondary N) is 1. The predicted molar refractivity (Wildman–Crippen MR) is 83.6 cm³/mol. The Morgan fingerprint density at radius 1 is 0.950 bits per heavy atom. The van der Waals surface area contributed by atoms with E-state index in [2.05, 4.69) is 48.6 Å². The molecule has 1 unspecified atom stereocenters. The van der Waals surface area contributed by atoms with Crippen molar-refractivity contribution in [2.45, 2.75) is 31.8 Å². The Bertz CT molecular complexity index is 483. The van der Waals surface area contributed by atoms with Gasteiger partial charge in [-0.1, -0.05) is 67.6 Å². The highest BCUT2D eigenvalue weighted by Gasteiger charge is 2.15. The number of aliphatic hydroxyl groups excluding tert-OH is 1. The average molecular weight is 269 g/mol. The Hall–Kier alpha value is -1.64. The molecule has 20 heavy (non-hydrogen) atoms. The van der Waals surface area contributed by atoms with Crippen molar-refractivity contribution in [2.24, 2.45) is 0 Å². The third kappa shape index (κ3) is 4.19. The van der Waals surface area contributed by atoms with Gasteiger partial charge in [0.05, 0.1) is 12.6 Å². The molecule has 2 rings (SSSR count). The SMILES string of the molecule is CCC(Cc1ccccc1)N[C@H](CO)c1ccccc1. The van der Waals surface area contributed by atoms with Crippen LogP contribution in [0.5, 0.6) is 0 Å². The topological polar surface area (TPSA) is 32.3 Å². The van der Waals surface area contributed by atoms with Gasteiger partial charge in [-0.2, -0.15) is 0 Å². The molecular weight excluding hydrogens is 246 g/mol. The first-order chi connectivity index (χ1) is 9.83. The highest BCUT2D eigenvalue weighted by atomic mass is 16.3. The Labute approximate surface area is 121 Å². The van der Waals surface area contributed by atoms with Crippen LogP contribution >= 0.6 is 0 Å². The molecule has 2 heteroatoms. The van der Waals surface area contributed by atoms with Crippen molar-refractivity contribution < 1.29 is 5.11 Å². The third-order valence-electron chi connectivity index (χ3n) is 3.64. The Morgan fingerprint density at radius 3 is 2.10 bits per heavy atom. The fourth-order valence-electron chi connectivity index (χ4n) is 2.44. The molecule has 0 bridgehead atoms. The highest BCUT2D eigenvalue weighted by Crippen LogP contribution is 2.15. The Morgan fingerprint density at radius 2 is 1.55 bits per heavy atom. The highest BCUT2D eigenvalue weighted by molar-refractivity contribution is 5.20. The molecular formula is C18H23NO. The van der Waals surface area contributed by atoms with Crippen LogP contribution in [-0.2, 0) is 6.42 Å². The molecule has 2 nitrogen and oxygen atoms in total. The van der Waals surface area contributed by atoms with Crippen molar-refractivity contribution in [1.82, 2.24) is 5.32 Å². The standard InChI is InChI=1S/C18H23NO/c1-2-17(13-15-9-5-3-6-10-15)19-18(14-20)16-11-7-4-8-12-16/h3-12,17-20H,2,13-14H2,1H3/t17?,18-/m1/s1. The van der Waals surface area contributed by atoms with Gasteiger partial charge in [-0.25, -0.2) is 0 Å². The molecule has 106 valence electrons. The molecule has 0 aromatic heterocycles. The van der Waals surface area contributed by atoms with Crippen LogP contribution in [-0.4, -0.2) is 17.8 Å². The second-order valence-corrected chi connectivity index (χ2v) is 5.11.